The van der Waals surface area contributed by atoms with Crippen LogP contribution in [0.5, 0.6) is 0 Å². The van der Waals surface area contributed by atoms with Crippen molar-refractivity contribution in [1.82, 2.24) is 9.88 Å². The molecule has 0 radical (unpaired) electrons. The fraction of sp³-hybridized carbons (Fsp3) is 0.571. The van der Waals surface area contributed by atoms with Crippen LogP contribution in [0.2, 0.25) is 0 Å². The van der Waals surface area contributed by atoms with Gasteiger partial charge in [0.25, 0.3) is 0 Å². The molecule has 2 N–H and O–H groups in total. The lowest BCUT2D eigenvalue weighted by Crippen LogP contribution is -2.40. The standard InChI is InChI=1S/C14H21N3O/c1-10(2)12(15)8-14(18)17-7-5-13-11(9-17)4-3-6-16-13/h3-4,6,10,12H,5,7-9,15H2,1-2H3. The molecule has 1 unspecified atom stereocenters. The van der Waals surface area contributed by atoms with Gasteiger partial charge in [0.05, 0.1) is 0 Å². The number of carbonyl (C=O) groups excluding carboxylic acids is 1. The molecule has 18 heavy (non-hydrogen) atoms. The summed E-state index contributed by atoms with van der Waals surface area (Å²) in [5.41, 5.74) is 8.24. The predicted molar refractivity (Wildman–Crippen MR) is 70.8 cm³/mol. The fourth-order valence-electron chi connectivity index (χ4n) is 2.15. The maximum atomic E-state index is 12.1. The van der Waals surface area contributed by atoms with Crippen LogP contribution in [-0.2, 0) is 17.8 Å². The van der Waals surface area contributed by atoms with Crippen molar-refractivity contribution < 1.29 is 4.79 Å². The molecule has 0 fully saturated rings. The molecule has 1 aliphatic heterocycles. The van der Waals surface area contributed by atoms with Crippen molar-refractivity contribution in [3.05, 3.63) is 29.6 Å². The minimum Gasteiger partial charge on any atom is -0.338 e. The second-order valence-corrected chi connectivity index (χ2v) is 5.29. The summed E-state index contributed by atoms with van der Waals surface area (Å²) < 4.78 is 0. The summed E-state index contributed by atoms with van der Waals surface area (Å²) in [5.74, 6) is 0.499. The van der Waals surface area contributed by atoms with Crippen LogP contribution in [0.15, 0.2) is 18.3 Å². The molecule has 98 valence electrons. The largest absolute Gasteiger partial charge is 0.338 e. The minimum absolute atomic E-state index is 0.0483. The lowest BCUT2D eigenvalue weighted by molar-refractivity contribution is -0.132. The van der Waals surface area contributed by atoms with E-state index in [4.69, 9.17) is 5.73 Å². The van der Waals surface area contributed by atoms with Crippen molar-refractivity contribution in [2.24, 2.45) is 11.7 Å². The first-order chi connectivity index (χ1) is 8.58. The highest BCUT2D eigenvalue weighted by atomic mass is 16.2. The van der Waals surface area contributed by atoms with Gasteiger partial charge in [-0.2, -0.15) is 0 Å². The first-order valence-corrected chi connectivity index (χ1v) is 6.54. The van der Waals surface area contributed by atoms with Crippen LogP contribution < -0.4 is 5.73 Å². The third-order valence-electron chi connectivity index (χ3n) is 3.58. The summed E-state index contributed by atoms with van der Waals surface area (Å²) in [4.78, 5) is 18.4. The number of nitrogens with two attached hydrogens (primary N) is 1. The third kappa shape index (κ3) is 2.88. The third-order valence-corrected chi connectivity index (χ3v) is 3.58. The number of hydrogen-bond donors (Lipinski definition) is 1. The van der Waals surface area contributed by atoms with Gasteiger partial charge in [-0.05, 0) is 17.5 Å². The Labute approximate surface area is 108 Å². The van der Waals surface area contributed by atoms with Gasteiger partial charge < -0.3 is 10.6 Å². The molecule has 1 aromatic heterocycles. The van der Waals surface area contributed by atoms with Gasteiger partial charge in [0.1, 0.15) is 0 Å². The zero-order valence-corrected chi connectivity index (χ0v) is 11.1. The van der Waals surface area contributed by atoms with Gasteiger partial charge in [0.15, 0.2) is 0 Å². The average molecular weight is 247 g/mol. The van der Waals surface area contributed by atoms with E-state index in [9.17, 15) is 4.79 Å². The Morgan fingerprint density at radius 2 is 2.33 bits per heavy atom. The van der Waals surface area contributed by atoms with Gasteiger partial charge in [-0.1, -0.05) is 19.9 Å². The van der Waals surface area contributed by atoms with E-state index in [1.165, 1.54) is 0 Å². The molecule has 4 heteroatoms. The Bertz CT molecular complexity index is 431. The Morgan fingerprint density at radius 3 is 3.06 bits per heavy atom. The number of amides is 1. The number of nitrogens with zero attached hydrogens (tertiary/aromatic N) is 2. The quantitative estimate of drug-likeness (QED) is 0.877. The van der Waals surface area contributed by atoms with Crippen molar-refractivity contribution in [3.63, 3.8) is 0 Å². The van der Waals surface area contributed by atoms with Crippen LogP contribution >= 0.6 is 0 Å². The van der Waals surface area contributed by atoms with E-state index >= 15 is 0 Å². The van der Waals surface area contributed by atoms with E-state index in [2.05, 4.69) is 4.98 Å². The topological polar surface area (TPSA) is 59.2 Å². The molecule has 0 aromatic carbocycles. The summed E-state index contributed by atoms with van der Waals surface area (Å²) in [6.07, 6.45) is 3.09. The number of hydrogen-bond acceptors (Lipinski definition) is 3. The van der Waals surface area contributed by atoms with Crippen molar-refractivity contribution in [3.8, 4) is 0 Å². The van der Waals surface area contributed by atoms with Crippen molar-refractivity contribution in [2.45, 2.75) is 39.3 Å². The van der Waals surface area contributed by atoms with Gasteiger partial charge in [0.2, 0.25) is 5.91 Å². The zero-order valence-electron chi connectivity index (χ0n) is 11.1. The van der Waals surface area contributed by atoms with E-state index in [-0.39, 0.29) is 11.9 Å². The predicted octanol–water partition coefficient (Wildman–Crippen LogP) is 1.34. The maximum absolute atomic E-state index is 12.1. The summed E-state index contributed by atoms with van der Waals surface area (Å²) in [6.45, 7) is 5.53. The summed E-state index contributed by atoms with van der Waals surface area (Å²) in [7, 11) is 0. The number of carbonyl (C=O) groups is 1. The molecule has 1 aliphatic rings. The second-order valence-electron chi connectivity index (χ2n) is 5.29. The number of rotatable bonds is 3. The summed E-state index contributed by atoms with van der Waals surface area (Å²) >= 11 is 0. The van der Waals surface area contributed by atoms with Gasteiger partial charge in [-0.15, -0.1) is 0 Å². The number of aromatic nitrogens is 1. The van der Waals surface area contributed by atoms with E-state index in [1.807, 2.05) is 37.1 Å². The average Bonchev–Trinajstić information content (AvgIpc) is 2.37. The van der Waals surface area contributed by atoms with Crippen LogP contribution in [0.1, 0.15) is 31.5 Å². The van der Waals surface area contributed by atoms with Crippen LogP contribution in [-0.4, -0.2) is 28.4 Å². The highest BCUT2D eigenvalue weighted by Gasteiger charge is 2.23. The zero-order chi connectivity index (χ0) is 13.1. The molecular weight excluding hydrogens is 226 g/mol. The fourth-order valence-corrected chi connectivity index (χ4v) is 2.15. The highest BCUT2D eigenvalue weighted by molar-refractivity contribution is 5.77. The van der Waals surface area contributed by atoms with E-state index in [0.29, 0.717) is 18.9 Å². The normalized spacial score (nSPS) is 16.6. The molecule has 1 aromatic rings. The van der Waals surface area contributed by atoms with Gasteiger partial charge >= 0.3 is 0 Å². The van der Waals surface area contributed by atoms with Crippen molar-refractivity contribution >= 4 is 5.91 Å². The molecule has 0 bridgehead atoms. The molecule has 4 nitrogen and oxygen atoms in total. The SMILES string of the molecule is CC(C)C(N)CC(=O)N1CCc2ncccc2C1. The first-order valence-electron chi connectivity index (χ1n) is 6.54. The lowest BCUT2D eigenvalue weighted by Gasteiger charge is -2.29. The van der Waals surface area contributed by atoms with E-state index < -0.39 is 0 Å². The Hall–Kier alpha value is -1.42. The van der Waals surface area contributed by atoms with Crippen LogP contribution in [0.4, 0.5) is 0 Å². The highest BCUT2D eigenvalue weighted by Crippen LogP contribution is 2.17. The molecule has 0 aliphatic carbocycles. The number of pyridine rings is 1. The van der Waals surface area contributed by atoms with Crippen molar-refractivity contribution in [1.29, 1.82) is 0 Å². The summed E-state index contributed by atoms with van der Waals surface area (Å²) in [6, 6.07) is 3.92. The molecule has 0 spiro atoms. The molecule has 2 heterocycles. The molecule has 0 saturated carbocycles. The first kappa shape index (κ1) is 13.0. The number of fused-ring (bicyclic) bond motifs is 1. The Balaban J connectivity index is 1.98. The van der Waals surface area contributed by atoms with Crippen LogP contribution in [0.25, 0.3) is 0 Å². The molecule has 0 saturated heterocycles. The molecule has 2 rings (SSSR count). The van der Waals surface area contributed by atoms with Crippen LogP contribution in [0, 0.1) is 5.92 Å². The lowest BCUT2D eigenvalue weighted by atomic mass is 10.00. The maximum Gasteiger partial charge on any atom is 0.224 e. The molecular formula is C14H21N3O. The van der Waals surface area contributed by atoms with E-state index in [0.717, 1.165) is 24.2 Å². The second kappa shape index (κ2) is 5.48. The van der Waals surface area contributed by atoms with Gasteiger partial charge in [-0.3, -0.25) is 9.78 Å². The molecule has 1 amide bonds. The smallest absolute Gasteiger partial charge is 0.224 e. The monoisotopic (exact) mass is 247 g/mol. The van der Waals surface area contributed by atoms with E-state index in [1.54, 1.807) is 0 Å². The minimum atomic E-state index is -0.0483. The summed E-state index contributed by atoms with van der Waals surface area (Å²) in [5, 5.41) is 0. The Kier molecular flexibility index (Phi) is 3.97. The Morgan fingerprint density at radius 1 is 1.56 bits per heavy atom. The van der Waals surface area contributed by atoms with Gasteiger partial charge in [-0.25, -0.2) is 0 Å². The molecule has 1 atom stereocenters. The van der Waals surface area contributed by atoms with Gasteiger partial charge in [0, 0.05) is 43.9 Å². The van der Waals surface area contributed by atoms with Crippen molar-refractivity contribution in [2.75, 3.05) is 6.54 Å². The van der Waals surface area contributed by atoms with Crippen LogP contribution in [0.3, 0.4) is 0 Å².